The van der Waals surface area contributed by atoms with Gasteiger partial charge in [-0.25, -0.2) is 0 Å². The summed E-state index contributed by atoms with van der Waals surface area (Å²) in [5.41, 5.74) is 0. The monoisotopic (exact) mass is 111 g/mol. The molecule has 0 amide bonds. The Bertz CT molecular complexity index is 37.7. The molecular formula is C7H13N. The van der Waals surface area contributed by atoms with E-state index < -0.39 is 0 Å². The molecule has 0 aromatic heterocycles. The molecule has 0 aliphatic rings. The highest BCUT2D eigenvalue weighted by Gasteiger charge is 1.90. The van der Waals surface area contributed by atoms with Crippen LogP contribution in [0.15, 0.2) is 0 Å². The van der Waals surface area contributed by atoms with E-state index in [1.54, 1.807) is 0 Å². The minimum absolute atomic E-state index is 0.719. The molecule has 46 valence electrons. The van der Waals surface area contributed by atoms with Crippen LogP contribution in [0, 0.1) is 13.8 Å². The third-order valence-electron chi connectivity index (χ3n) is 1.02. The first-order valence-electron chi connectivity index (χ1n) is 2.90. The van der Waals surface area contributed by atoms with E-state index in [9.17, 15) is 0 Å². The Morgan fingerprint density at radius 2 is 1.50 bits per heavy atom. The number of rotatable bonds is 4. The Balaban J connectivity index is 2.92. The van der Waals surface area contributed by atoms with Gasteiger partial charge in [0.15, 0.2) is 0 Å². The molecule has 0 unspecified atom stereocenters. The number of nitrogens with zero attached hydrogens (tertiary/aromatic N) is 1. The van der Waals surface area contributed by atoms with Gasteiger partial charge in [0.2, 0.25) is 0 Å². The zero-order valence-electron chi connectivity index (χ0n) is 5.43. The van der Waals surface area contributed by atoms with Gasteiger partial charge in [-0.2, -0.15) is 0 Å². The molecule has 0 spiro atoms. The predicted molar refractivity (Wildman–Crippen MR) is 35.3 cm³/mol. The molecular weight excluding hydrogens is 98.1 g/mol. The lowest BCUT2D eigenvalue weighted by Gasteiger charge is -2.12. The first-order valence-corrected chi connectivity index (χ1v) is 2.90. The van der Waals surface area contributed by atoms with Crippen molar-refractivity contribution < 1.29 is 0 Å². The van der Waals surface area contributed by atoms with Gasteiger partial charge in [0.05, 0.1) is 0 Å². The van der Waals surface area contributed by atoms with Crippen LogP contribution in [-0.4, -0.2) is 25.0 Å². The van der Waals surface area contributed by atoms with Crippen molar-refractivity contribution in [2.24, 2.45) is 0 Å². The first-order chi connectivity index (χ1) is 3.81. The summed E-state index contributed by atoms with van der Waals surface area (Å²) in [6.07, 6.45) is 1.44. The third-order valence-corrected chi connectivity index (χ3v) is 1.02. The molecule has 0 saturated heterocycles. The summed E-state index contributed by atoms with van der Waals surface area (Å²) in [5.74, 6) is 0. The van der Waals surface area contributed by atoms with E-state index in [-0.39, 0.29) is 0 Å². The van der Waals surface area contributed by atoms with Gasteiger partial charge >= 0.3 is 0 Å². The van der Waals surface area contributed by atoms with Gasteiger partial charge in [-0.05, 0) is 46.8 Å². The molecule has 1 heteroatoms. The van der Waals surface area contributed by atoms with Gasteiger partial charge in [-0.15, -0.1) is 0 Å². The van der Waals surface area contributed by atoms with Gasteiger partial charge < -0.3 is 4.90 Å². The van der Waals surface area contributed by atoms with Crippen LogP contribution in [0.3, 0.4) is 0 Å². The Morgan fingerprint density at radius 1 is 1.12 bits per heavy atom. The molecule has 8 heavy (non-hydrogen) atoms. The summed E-state index contributed by atoms with van der Waals surface area (Å²) in [6.45, 7) is 12.4. The number of hydrogen-bond acceptors (Lipinski definition) is 1. The van der Waals surface area contributed by atoms with Gasteiger partial charge in [0.1, 0.15) is 0 Å². The topological polar surface area (TPSA) is 3.24 Å². The summed E-state index contributed by atoms with van der Waals surface area (Å²) in [7, 11) is 2.01. The molecule has 0 saturated carbocycles. The van der Waals surface area contributed by atoms with Crippen molar-refractivity contribution in [1.82, 2.24) is 4.90 Å². The van der Waals surface area contributed by atoms with E-state index in [2.05, 4.69) is 4.90 Å². The van der Waals surface area contributed by atoms with E-state index in [0.717, 1.165) is 25.9 Å². The van der Waals surface area contributed by atoms with Crippen LogP contribution in [0.2, 0.25) is 0 Å². The highest BCUT2D eigenvalue weighted by molar-refractivity contribution is 4.52. The highest BCUT2D eigenvalue weighted by atomic mass is 15.1. The van der Waals surface area contributed by atoms with Crippen LogP contribution in [0.4, 0.5) is 0 Å². The van der Waals surface area contributed by atoms with Crippen LogP contribution in [0.5, 0.6) is 0 Å². The Labute approximate surface area is 52.7 Å². The quantitative estimate of drug-likeness (QED) is 0.525. The van der Waals surface area contributed by atoms with Gasteiger partial charge in [-0.3, -0.25) is 0 Å². The molecule has 0 N–H and O–H groups in total. The van der Waals surface area contributed by atoms with Crippen molar-refractivity contribution in [3.63, 3.8) is 0 Å². The maximum absolute atomic E-state index is 5.28. The van der Waals surface area contributed by atoms with E-state index in [1.165, 1.54) is 0 Å². The fraction of sp³-hybridized carbons (Fsp3) is 0.714. The molecule has 0 atom stereocenters. The van der Waals surface area contributed by atoms with Crippen LogP contribution in [0.25, 0.3) is 0 Å². The molecule has 0 aliphatic heterocycles. The lowest BCUT2D eigenvalue weighted by atomic mass is 10.4. The average Bonchev–Trinajstić information content (AvgIpc) is 1.68. The Morgan fingerprint density at radius 3 is 1.75 bits per heavy atom. The van der Waals surface area contributed by atoms with Crippen molar-refractivity contribution in [1.29, 1.82) is 0 Å². The summed E-state index contributed by atoms with van der Waals surface area (Å²) in [5, 5.41) is 0. The Hall–Kier alpha value is -0.0400. The van der Waals surface area contributed by atoms with Crippen LogP contribution >= 0.6 is 0 Å². The summed E-state index contributed by atoms with van der Waals surface area (Å²) < 4.78 is 0. The molecule has 0 aromatic carbocycles. The minimum atomic E-state index is 0.719. The fourth-order valence-electron chi connectivity index (χ4n) is 0.553. The normalized spacial score (nSPS) is 10.5. The van der Waals surface area contributed by atoms with Crippen molar-refractivity contribution in [3.8, 4) is 0 Å². The van der Waals surface area contributed by atoms with E-state index in [4.69, 9.17) is 13.8 Å². The SMILES string of the molecule is [CH]CCN(C)CC[CH]. The van der Waals surface area contributed by atoms with Crippen molar-refractivity contribution in [2.75, 3.05) is 20.1 Å². The zero-order valence-corrected chi connectivity index (χ0v) is 5.43. The lowest BCUT2D eigenvalue weighted by Crippen LogP contribution is -2.19. The maximum atomic E-state index is 5.28. The average molecular weight is 111 g/mol. The molecule has 0 heterocycles. The van der Waals surface area contributed by atoms with Gasteiger partial charge in [0, 0.05) is 0 Å². The van der Waals surface area contributed by atoms with Crippen molar-refractivity contribution >= 4 is 0 Å². The molecule has 4 radical (unpaired) electrons. The van der Waals surface area contributed by atoms with Crippen LogP contribution in [-0.2, 0) is 0 Å². The van der Waals surface area contributed by atoms with E-state index in [0.29, 0.717) is 0 Å². The third kappa shape index (κ3) is 4.13. The maximum Gasteiger partial charge on any atom is -0.00189 e. The van der Waals surface area contributed by atoms with Gasteiger partial charge in [0.25, 0.3) is 0 Å². The fourth-order valence-corrected chi connectivity index (χ4v) is 0.553. The predicted octanol–water partition coefficient (Wildman–Crippen LogP) is 1.12. The summed E-state index contributed by atoms with van der Waals surface area (Å²) >= 11 is 0. The second kappa shape index (κ2) is 5.10. The first kappa shape index (κ1) is 7.96. The lowest BCUT2D eigenvalue weighted by molar-refractivity contribution is 0.347. The largest absolute Gasteiger partial charge is 0.306 e. The standard InChI is InChI=1S/C7H13N/c1-4-6-8(3)7-5-2/h1-2H,4-7H2,3H3. The van der Waals surface area contributed by atoms with Crippen LogP contribution in [0.1, 0.15) is 12.8 Å². The highest BCUT2D eigenvalue weighted by Crippen LogP contribution is 1.86. The van der Waals surface area contributed by atoms with Crippen molar-refractivity contribution in [2.45, 2.75) is 12.8 Å². The zero-order chi connectivity index (χ0) is 6.41. The van der Waals surface area contributed by atoms with E-state index in [1.807, 2.05) is 7.05 Å². The summed E-state index contributed by atoms with van der Waals surface area (Å²) in [6, 6.07) is 0. The molecule has 1 nitrogen and oxygen atoms in total. The number of hydrogen-bond donors (Lipinski definition) is 0. The molecule has 0 aromatic rings. The smallest absolute Gasteiger partial charge is 0.00189 e. The molecule has 0 rings (SSSR count). The molecule has 0 bridgehead atoms. The molecule has 0 aliphatic carbocycles. The van der Waals surface area contributed by atoms with Crippen molar-refractivity contribution in [3.05, 3.63) is 13.8 Å². The Kier molecular flexibility index (Phi) is 5.08. The van der Waals surface area contributed by atoms with Gasteiger partial charge in [-0.1, -0.05) is 0 Å². The second-order valence-electron chi connectivity index (χ2n) is 1.88. The summed E-state index contributed by atoms with van der Waals surface area (Å²) in [4.78, 5) is 2.11. The molecule has 0 fully saturated rings. The van der Waals surface area contributed by atoms with Crippen LogP contribution < -0.4 is 0 Å². The van der Waals surface area contributed by atoms with E-state index >= 15 is 0 Å². The minimum Gasteiger partial charge on any atom is -0.306 e. The second-order valence-corrected chi connectivity index (χ2v) is 1.88.